The van der Waals surface area contributed by atoms with Crippen LogP contribution in [0.15, 0.2) is 89.4 Å². The smallest absolute Gasteiger partial charge is 1.00 e. The Labute approximate surface area is 533 Å². The van der Waals surface area contributed by atoms with Crippen molar-refractivity contribution in [2.75, 3.05) is 38.1 Å². The average Bonchev–Trinajstić information content (AvgIpc) is 3.26. The van der Waals surface area contributed by atoms with Gasteiger partial charge in [-0.1, -0.05) is 33.4 Å². The number of ketones is 1. The Hall–Kier alpha value is -2.37. The monoisotopic (exact) mass is 1270 g/mol. The average molecular weight is 1270 g/mol. The second-order valence-electron chi connectivity index (χ2n) is 14.5. The van der Waals surface area contributed by atoms with E-state index in [4.69, 9.17) is 48.5 Å². The summed E-state index contributed by atoms with van der Waals surface area (Å²) in [5.74, 6) is -0.214. The van der Waals surface area contributed by atoms with Crippen LogP contribution in [0.1, 0.15) is 115 Å². The van der Waals surface area contributed by atoms with E-state index in [1.807, 2.05) is 13.8 Å². The molecule has 0 radical (unpaired) electrons. The van der Waals surface area contributed by atoms with Crippen LogP contribution in [0, 0.1) is 0 Å². The minimum absolute atomic E-state index is 0. The Balaban J connectivity index is -0.000000295. The van der Waals surface area contributed by atoms with Crippen LogP contribution in [0.5, 0.6) is 11.5 Å². The molecule has 0 saturated carbocycles. The van der Waals surface area contributed by atoms with Crippen LogP contribution in [-0.4, -0.2) is 92.2 Å². The van der Waals surface area contributed by atoms with Gasteiger partial charge in [-0.05, 0) is 150 Å². The fraction of sp³-hybridized carbons (Fsp3) is 0.362. The van der Waals surface area contributed by atoms with Crippen molar-refractivity contribution in [1.29, 1.82) is 0 Å². The minimum Gasteiger partial charge on any atom is -1.00 e. The first-order valence-corrected chi connectivity index (χ1v) is 21.0. The van der Waals surface area contributed by atoms with Crippen LogP contribution in [0.2, 0.25) is 0 Å². The second kappa shape index (κ2) is 39.2. The van der Waals surface area contributed by atoms with E-state index in [9.17, 15) is 24.0 Å². The fourth-order valence-corrected chi connectivity index (χ4v) is 5.07. The summed E-state index contributed by atoms with van der Waals surface area (Å²) in [6.45, 7) is 18.5. The summed E-state index contributed by atoms with van der Waals surface area (Å²) < 4.78 is 31.1. The Morgan fingerprint density at radius 2 is 1.04 bits per heavy atom. The number of esters is 2. The SMILES string of the molecule is C.CC.CC(C)(C)OC(=O)Nc1ccc(B(O)O)cc1.CCOC(=O)c1cc(OC)ccc1Br.CCOC(=O)c1cc(OC)ccc1C(=O)c1ccc(NC(=O)OC(C)(C)C)cc1.O=CO[O-].[Cs+].[Cs+].[H-]. The van der Waals surface area contributed by atoms with Crippen molar-refractivity contribution in [2.24, 2.45) is 0 Å². The summed E-state index contributed by atoms with van der Waals surface area (Å²) in [7, 11) is 1.52. The van der Waals surface area contributed by atoms with Gasteiger partial charge in [0.25, 0.3) is 6.47 Å². The van der Waals surface area contributed by atoms with Crippen molar-refractivity contribution in [1.82, 2.24) is 0 Å². The molecule has 4 rings (SSSR count). The number of carbonyl (C=O) groups is 6. The van der Waals surface area contributed by atoms with Gasteiger partial charge in [-0.3, -0.25) is 20.2 Å². The molecule has 0 atom stereocenters. The third-order valence-electron chi connectivity index (χ3n) is 7.32. The number of ether oxygens (including phenoxy) is 6. The van der Waals surface area contributed by atoms with E-state index in [1.54, 1.807) is 123 Å². The molecule has 4 aromatic rings. The largest absolute Gasteiger partial charge is 1.00 e. The Bertz CT molecular complexity index is 2160. The number of nitrogens with one attached hydrogen (secondary N) is 2. The van der Waals surface area contributed by atoms with Gasteiger partial charge in [0.05, 0.1) is 38.6 Å². The van der Waals surface area contributed by atoms with Crippen molar-refractivity contribution in [3.8, 4) is 11.5 Å². The van der Waals surface area contributed by atoms with E-state index in [1.165, 1.54) is 31.4 Å². The molecule has 0 aliphatic heterocycles. The second-order valence-corrected chi connectivity index (χ2v) is 15.4. The zero-order valence-electron chi connectivity index (χ0n) is 42.1. The first kappa shape index (κ1) is 73.2. The third-order valence-corrected chi connectivity index (χ3v) is 8.01. The van der Waals surface area contributed by atoms with Crippen molar-refractivity contribution >= 4 is 76.3 Å². The molecule has 0 aliphatic rings. The molecule has 0 unspecified atom stereocenters. The topological polar surface area (TPSA) is 255 Å². The van der Waals surface area contributed by atoms with Crippen molar-refractivity contribution in [2.45, 2.75) is 87.9 Å². The summed E-state index contributed by atoms with van der Waals surface area (Å²) in [5.41, 5.74) is 1.38. The summed E-state index contributed by atoms with van der Waals surface area (Å²) >= 11 is 3.27. The third kappa shape index (κ3) is 31.0. The molecular weight excluding hydrogens is 1210 g/mol. The molecule has 0 aromatic heterocycles. The standard InChI is InChI=1S/C22H25NO6.C11H16BNO4.C10H11BrO3.C2H6.CH2O3.CH4.2Cs.H/c1-6-28-20(25)18-13-16(27-5)11-12-17(18)19(24)14-7-9-15(10-8-14)23-21(26)29-22(2,3)4;1-11(2,3)17-10(14)13-9-6-4-8(5-7-9)12(15)16;1-3-14-10(12)8-6-7(13-2)4-5-9(8)11;1-2;2-1-4-3;;;;/h7-13H,6H2,1-5H3,(H,23,26);4-7,15-16H,1-3H3,(H,13,14);4-6H,3H2,1-2H3;1-2H3;1,3H;1H4;;;/q;;;;;;2*+1;-1/p-1. The van der Waals surface area contributed by atoms with Crippen molar-refractivity contribution in [3.05, 3.63) is 112 Å². The van der Waals surface area contributed by atoms with Crippen molar-refractivity contribution in [3.63, 3.8) is 0 Å². The van der Waals surface area contributed by atoms with Crippen LogP contribution in [0.25, 0.3) is 0 Å². The molecule has 2 amide bonds. The predicted octanol–water partition coefficient (Wildman–Crippen LogP) is 2.02. The number of methoxy groups -OCH3 is 2. The van der Waals surface area contributed by atoms with Crippen LogP contribution in [0.3, 0.4) is 0 Å². The van der Waals surface area contributed by atoms with Gasteiger partial charge >= 0.3 is 169 Å². The molecule has 4 aromatic carbocycles. The van der Waals surface area contributed by atoms with Crippen LogP contribution in [-0.2, 0) is 28.6 Å². The van der Waals surface area contributed by atoms with E-state index < -0.39 is 36.5 Å². The first-order valence-electron chi connectivity index (χ1n) is 20.2. The van der Waals surface area contributed by atoms with Crippen LogP contribution in [0.4, 0.5) is 21.0 Å². The quantitative estimate of drug-likeness (QED) is 0.0301. The van der Waals surface area contributed by atoms with Gasteiger partial charge in [-0.2, -0.15) is 0 Å². The van der Waals surface area contributed by atoms with Crippen LogP contribution < -0.4 is 169 Å². The van der Waals surface area contributed by atoms with Gasteiger partial charge in [-0.15, -0.1) is 0 Å². The summed E-state index contributed by atoms with van der Waals surface area (Å²) in [4.78, 5) is 71.1. The first-order chi connectivity index (χ1) is 31.0. The fourth-order valence-electron chi connectivity index (χ4n) is 4.66. The number of rotatable bonds is 12. The Kier molecular flexibility index (Phi) is 41.6. The van der Waals surface area contributed by atoms with E-state index in [2.05, 4.69) is 31.5 Å². The minimum atomic E-state index is -1.51. The number of benzene rings is 4. The Morgan fingerprint density at radius 1 is 0.667 bits per heavy atom. The molecule has 0 spiro atoms. The predicted molar refractivity (Wildman–Crippen MR) is 258 cm³/mol. The maximum Gasteiger partial charge on any atom is 1.00 e. The Morgan fingerprint density at radius 3 is 1.41 bits per heavy atom. The molecular formula is C47H64BBrCs2N2O16. The van der Waals surface area contributed by atoms with E-state index in [0.717, 1.165) is 0 Å². The molecule has 0 bridgehead atoms. The number of carbonyl (C=O) groups excluding carboxylic acids is 6. The molecule has 22 heteroatoms. The molecule has 0 aliphatic carbocycles. The van der Waals surface area contributed by atoms with Crippen molar-refractivity contribution < 1.29 is 217 Å². The molecule has 69 heavy (non-hydrogen) atoms. The number of anilines is 2. The van der Waals surface area contributed by atoms with Gasteiger partial charge in [-0.25, -0.2) is 19.2 Å². The van der Waals surface area contributed by atoms with Gasteiger partial charge < -0.3 is 50.0 Å². The summed E-state index contributed by atoms with van der Waals surface area (Å²) in [6, 6.07) is 22.2. The molecule has 18 nitrogen and oxygen atoms in total. The maximum atomic E-state index is 12.9. The molecule has 0 fully saturated rings. The molecule has 370 valence electrons. The summed E-state index contributed by atoms with van der Waals surface area (Å²) in [6.07, 6.45) is -1.13. The molecule has 4 N–H and O–H groups in total. The van der Waals surface area contributed by atoms with E-state index in [-0.39, 0.29) is 183 Å². The van der Waals surface area contributed by atoms with Crippen LogP contribution >= 0.6 is 15.9 Å². The van der Waals surface area contributed by atoms with Gasteiger partial charge in [0.2, 0.25) is 0 Å². The zero-order chi connectivity index (χ0) is 50.6. The number of hydrogen-bond acceptors (Lipinski definition) is 16. The normalized spacial score (nSPS) is 9.57. The number of halogens is 1. The van der Waals surface area contributed by atoms with Gasteiger partial charge in [0.1, 0.15) is 22.7 Å². The van der Waals surface area contributed by atoms with E-state index >= 15 is 0 Å². The van der Waals surface area contributed by atoms with Gasteiger partial charge in [0, 0.05) is 27.0 Å². The summed E-state index contributed by atoms with van der Waals surface area (Å²) in [5, 5.41) is 31.4. The van der Waals surface area contributed by atoms with Gasteiger partial charge in [0.15, 0.2) is 5.78 Å². The molecule has 0 heterocycles. The molecule has 0 saturated heterocycles. The maximum absolute atomic E-state index is 12.9. The van der Waals surface area contributed by atoms with E-state index in [0.29, 0.717) is 50.5 Å². The number of hydrogen-bond donors (Lipinski definition) is 4. The zero-order valence-corrected chi connectivity index (χ0v) is 55.3. The number of amides is 2.